The van der Waals surface area contributed by atoms with Gasteiger partial charge in [0.2, 0.25) is 0 Å². The molecule has 0 amide bonds. The van der Waals surface area contributed by atoms with Gasteiger partial charge in [0.15, 0.2) is 0 Å². The Bertz CT molecular complexity index is 1100. The molecule has 3 fully saturated rings. The molecule has 31 heavy (non-hydrogen) atoms. The van der Waals surface area contributed by atoms with Crippen LogP contribution in [0.3, 0.4) is 0 Å². The van der Waals surface area contributed by atoms with E-state index in [4.69, 9.17) is 19.4 Å². The van der Waals surface area contributed by atoms with Crippen molar-refractivity contribution in [2.75, 3.05) is 50.9 Å². The quantitative estimate of drug-likeness (QED) is 0.604. The van der Waals surface area contributed by atoms with Crippen LogP contribution in [0, 0.1) is 0 Å². The van der Waals surface area contributed by atoms with Crippen molar-refractivity contribution in [2.45, 2.75) is 37.6 Å². The molecular weight excluding hydrogens is 460 g/mol. The highest BCUT2D eigenvalue weighted by Gasteiger charge is 2.45. The first kappa shape index (κ1) is 19.7. The summed E-state index contributed by atoms with van der Waals surface area (Å²) in [5.74, 6) is 0.902. The van der Waals surface area contributed by atoms with Crippen LogP contribution in [0.1, 0.15) is 32.1 Å². The summed E-state index contributed by atoms with van der Waals surface area (Å²) in [7, 11) is 0. The number of aromatic amines is 1. The van der Waals surface area contributed by atoms with Crippen molar-refractivity contribution in [1.29, 1.82) is 0 Å². The summed E-state index contributed by atoms with van der Waals surface area (Å²) in [6.45, 7) is 6.21. The highest BCUT2D eigenvalue weighted by Crippen LogP contribution is 2.40. The smallest absolute Gasteiger partial charge is 0.319 e. The van der Waals surface area contributed by atoms with E-state index in [2.05, 4.69) is 42.0 Å². The number of fused-ring (bicyclic) bond motifs is 4. The monoisotopic (exact) mass is 486 g/mol. The second kappa shape index (κ2) is 7.86. The lowest BCUT2D eigenvalue weighted by atomic mass is 9.95. The van der Waals surface area contributed by atoms with E-state index in [1.165, 1.54) is 38.8 Å². The number of halogens is 1. The summed E-state index contributed by atoms with van der Waals surface area (Å²) in [6, 6.07) is 2.52. The average Bonchev–Trinajstić information content (AvgIpc) is 3.43. The molecule has 0 spiro atoms. The molecule has 0 radical (unpaired) electrons. The van der Waals surface area contributed by atoms with Gasteiger partial charge < -0.3 is 14.4 Å². The van der Waals surface area contributed by atoms with Crippen LogP contribution >= 0.6 is 15.9 Å². The number of H-pyrrole nitrogens is 1. The van der Waals surface area contributed by atoms with E-state index >= 15 is 0 Å². The van der Waals surface area contributed by atoms with Crippen molar-refractivity contribution < 1.29 is 9.47 Å². The Balaban J connectivity index is 1.43. The fourth-order valence-corrected chi connectivity index (χ4v) is 6.07. The van der Waals surface area contributed by atoms with E-state index in [0.717, 1.165) is 58.2 Å². The predicted molar refractivity (Wildman–Crippen MR) is 123 cm³/mol. The zero-order chi connectivity index (χ0) is 20.8. The molecule has 0 aliphatic carbocycles. The lowest BCUT2D eigenvalue weighted by molar-refractivity contribution is 0.108. The molecule has 3 aliphatic heterocycles. The zero-order valence-corrected chi connectivity index (χ0v) is 19.2. The maximum Gasteiger partial charge on any atom is 0.319 e. The van der Waals surface area contributed by atoms with Crippen molar-refractivity contribution in [1.82, 2.24) is 25.1 Å². The number of nitrogens with zero attached hydrogens (tertiary/aromatic N) is 5. The summed E-state index contributed by atoms with van der Waals surface area (Å²) in [5, 5.41) is 9.45. The predicted octanol–water partition coefficient (Wildman–Crippen LogP) is 3.50. The van der Waals surface area contributed by atoms with Gasteiger partial charge in [0.25, 0.3) is 0 Å². The lowest BCUT2D eigenvalue weighted by Gasteiger charge is -2.31. The van der Waals surface area contributed by atoms with E-state index in [-0.39, 0.29) is 5.54 Å². The molecule has 0 saturated carbocycles. The van der Waals surface area contributed by atoms with E-state index in [9.17, 15) is 0 Å². The van der Waals surface area contributed by atoms with Gasteiger partial charge in [-0.05, 0) is 67.2 Å². The van der Waals surface area contributed by atoms with Gasteiger partial charge in [0, 0.05) is 29.6 Å². The highest BCUT2D eigenvalue weighted by molar-refractivity contribution is 9.10. The van der Waals surface area contributed by atoms with Gasteiger partial charge in [-0.25, -0.2) is 0 Å². The standard InChI is InChI=1S/C22H27BrN6O2/c23-16-12-17-18(19-15(16)13-24-27-19)20(28-6-3-10-30-11-9-28)26-21(25-17)31-14-22-4-1-7-29(22)8-2-5-22/h12-13H,1-11,14H2,(H,24,27). The molecule has 1 N–H and O–H groups in total. The van der Waals surface area contributed by atoms with Gasteiger partial charge in [-0.1, -0.05) is 0 Å². The molecule has 5 heterocycles. The third kappa shape index (κ3) is 3.37. The van der Waals surface area contributed by atoms with E-state index in [1.807, 2.05) is 6.20 Å². The molecule has 2 aromatic heterocycles. The first-order valence-corrected chi connectivity index (χ1v) is 12.1. The fraction of sp³-hybridized carbons (Fsp3) is 0.591. The molecule has 3 aliphatic rings. The number of aromatic nitrogens is 4. The van der Waals surface area contributed by atoms with Crippen LogP contribution in [0.2, 0.25) is 0 Å². The maximum atomic E-state index is 6.34. The number of ether oxygens (including phenoxy) is 2. The fourth-order valence-electron chi connectivity index (χ4n) is 5.56. The Morgan fingerprint density at radius 2 is 1.97 bits per heavy atom. The van der Waals surface area contributed by atoms with Crippen molar-refractivity contribution in [3.05, 3.63) is 16.7 Å². The Hall–Kier alpha value is -1.97. The van der Waals surface area contributed by atoms with E-state index in [1.54, 1.807) is 0 Å². The minimum Gasteiger partial charge on any atom is -0.461 e. The minimum absolute atomic E-state index is 0.169. The van der Waals surface area contributed by atoms with Gasteiger partial charge in [0.1, 0.15) is 12.4 Å². The van der Waals surface area contributed by atoms with Gasteiger partial charge in [-0.3, -0.25) is 10.00 Å². The molecule has 6 rings (SSSR count). The molecule has 9 heteroatoms. The van der Waals surface area contributed by atoms with E-state index in [0.29, 0.717) is 19.2 Å². The van der Waals surface area contributed by atoms with Crippen molar-refractivity contribution in [3.63, 3.8) is 0 Å². The third-order valence-corrected chi connectivity index (χ3v) is 7.77. The van der Waals surface area contributed by atoms with Crippen LogP contribution in [-0.2, 0) is 4.74 Å². The number of rotatable bonds is 4. The average molecular weight is 487 g/mol. The third-order valence-electron chi connectivity index (χ3n) is 7.11. The summed E-state index contributed by atoms with van der Waals surface area (Å²) in [5.41, 5.74) is 1.98. The summed E-state index contributed by atoms with van der Waals surface area (Å²) in [4.78, 5) is 14.7. The Labute approximate surface area is 189 Å². The Kier molecular flexibility index (Phi) is 5.00. The molecule has 3 saturated heterocycles. The van der Waals surface area contributed by atoms with E-state index < -0.39 is 0 Å². The SMILES string of the molecule is Brc1cc2nc(OCC34CCCN3CCC4)nc(N3CCCOCC3)c2c2[nH]ncc12. The Morgan fingerprint density at radius 3 is 2.84 bits per heavy atom. The molecular formula is C22H27BrN6O2. The lowest BCUT2D eigenvalue weighted by Crippen LogP contribution is -2.43. The largest absolute Gasteiger partial charge is 0.461 e. The zero-order valence-electron chi connectivity index (χ0n) is 17.6. The van der Waals surface area contributed by atoms with Crippen LogP contribution in [0.25, 0.3) is 21.8 Å². The molecule has 0 unspecified atom stereocenters. The van der Waals surface area contributed by atoms with Gasteiger partial charge >= 0.3 is 6.01 Å². The highest BCUT2D eigenvalue weighted by atomic mass is 79.9. The first-order chi connectivity index (χ1) is 15.2. The first-order valence-electron chi connectivity index (χ1n) is 11.3. The molecule has 0 atom stereocenters. The van der Waals surface area contributed by atoms with Crippen LogP contribution in [-0.4, -0.2) is 76.6 Å². The van der Waals surface area contributed by atoms with Gasteiger partial charge in [-0.2, -0.15) is 15.1 Å². The molecule has 8 nitrogen and oxygen atoms in total. The van der Waals surface area contributed by atoms with Crippen molar-refractivity contribution in [3.8, 4) is 6.01 Å². The van der Waals surface area contributed by atoms with Crippen LogP contribution in [0.15, 0.2) is 16.7 Å². The van der Waals surface area contributed by atoms with Crippen LogP contribution in [0.4, 0.5) is 5.82 Å². The van der Waals surface area contributed by atoms with Crippen LogP contribution < -0.4 is 9.64 Å². The number of hydrogen-bond acceptors (Lipinski definition) is 7. The normalized spacial score (nSPS) is 21.6. The topological polar surface area (TPSA) is 79.4 Å². The summed E-state index contributed by atoms with van der Waals surface area (Å²) < 4.78 is 13.0. The second-order valence-corrected chi connectivity index (χ2v) is 9.76. The number of nitrogens with one attached hydrogen (secondary N) is 1. The summed E-state index contributed by atoms with van der Waals surface area (Å²) >= 11 is 3.68. The maximum absolute atomic E-state index is 6.34. The molecule has 3 aromatic rings. The van der Waals surface area contributed by atoms with Gasteiger partial charge in [-0.15, -0.1) is 0 Å². The second-order valence-electron chi connectivity index (χ2n) is 8.90. The number of hydrogen-bond donors (Lipinski definition) is 1. The molecule has 1 aromatic carbocycles. The van der Waals surface area contributed by atoms with Crippen molar-refractivity contribution in [2.24, 2.45) is 0 Å². The Morgan fingerprint density at radius 1 is 1.10 bits per heavy atom. The molecule has 164 valence electrons. The van der Waals surface area contributed by atoms with Gasteiger partial charge in [0.05, 0.1) is 34.8 Å². The van der Waals surface area contributed by atoms with Crippen molar-refractivity contribution >= 4 is 43.6 Å². The van der Waals surface area contributed by atoms with Crippen LogP contribution in [0.5, 0.6) is 6.01 Å². The number of benzene rings is 1. The molecule has 0 bridgehead atoms. The number of anilines is 1. The minimum atomic E-state index is 0.169. The summed E-state index contributed by atoms with van der Waals surface area (Å²) in [6.07, 6.45) is 7.74.